The summed E-state index contributed by atoms with van der Waals surface area (Å²) in [7, 11) is 0. The van der Waals surface area contributed by atoms with Crippen LogP contribution in [0.3, 0.4) is 0 Å². The van der Waals surface area contributed by atoms with E-state index in [-0.39, 0.29) is 16.8 Å². The van der Waals surface area contributed by atoms with Gasteiger partial charge in [-0.2, -0.15) is 0 Å². The van der Waals surface area contributed by atoms with Crippen molar-refractivity contribution in [2.75, 3.05) is 0 Å². The van der Waals surface area contributed by atoms with Crippen molar-refractivity contribution in [3.8, 4) is 0 Å². The Morgan fingerprint density at radius 2 is 2.00 bits per heavy atom. The van der Waals surface area contributed by atoms with Gasteiger partial charge in [0, 0.05) is 5.39 Å². The first-order valence-electron chi connectivity index (χ1n) is 4.97. The Kier molecular flexibility index (Phi) is 2.71. The monoisotopic (exact) mass is 282 g/mol. The van der Waals surface area contributed by atoms with Gasteiger partial charge in [0.2, 0.25) is 0 Å². The number of halogens is 1. The molecule has 0 unspecified atom stereocenters. The minimum atomic E-state index is -0.343. The minimum Gasteiger partial charge on any atom is -0.358 e. The molecule has 0 N–H and O–H groups in total. The second kappa shape index (κ2) is 3.90. The van der Waals surface area contributed by atoms with Crippen molar-refractivity contribution in [1.29, 1.82) is 0 Å². The molecule has 0 spiro atoms. The van der Waals surface area contributed by atoms with Crippen LogP contribution in [0.25, 0.3) is 10.9 Å². The maximum Gasteiger partial charge on any atom is 0.338 e. The number of rotatable bonds is 2. The van der Waals surface area contributed by atoms with Gasteiger partial charge in [0.25, 0.3) is 0 Å². The zero-order chi connectivity index (χ0) is 11.9. The Balaban J connectivity index is 2.92. The highest BCUT2D eigenvalue weighted by atomic mass is 79.9. The van der Waals surface area contributed by atoms with Gasteiger partial charge in [0.1, 0.15) is 9.99 Å². The molecule has 0 amide bonds. The Hall–Kier alpha value is -1.36. The zero-order valence-corrected chi connectivity index (χ0v) is 10.6. The van der Waals surface area contributed by atoms with Crippen molar-refractivity contribution < 1.29 is 4.92 Å². The molecule has 2 aromatic rings. The smallest absolute Gasteiger partial charge is 0.338 e. The van der Waals surface area contributed by atoms with Crippen molar-refractivity contribution in [1.82, 2.24) is 4.57 Å². The molecule has 16 heavy (non-hydrogen) atoms. The second-order valence-electron chi connectivity index (χ2n) is 3.88. The first-order chi connectivity index (χ1) is 7.54. The van der Waals surface area contributed by atoms with E-state index in [0.717, 1.165) is 10.9 Å². The van der Waals surface area contributed by atoms with E-state index >= 15 is 0 Å². The number of fused-ring (bicyclic) bond motifs is 1. The van der Waals surface area contributed by atoms with Crippen LogP contribution in [-0.4, -0.2) is 9.49 Å². The fourth-order valence-electron chi connectivity index (χ4n) is 1.90. The van der Waals surface area contributed by atoms with Crippen molar-refractivity contribution >= 4 is 32.7 Å². The van der Waals surface area contributed by atoms with Crippen LogP contribution >= 0.6 is 15.9 Å². The zero-order valence-electron chi connectivity index (χ0n) is 8.98. The van der Waals surface area contributed by atoms with Crippen LogP contribution in [0.2, 0.25) is 0 Å². The number of benzene rings is 1. The average molecular weight is 283 g/mol. The molecule has 0 aliphatic heterocycles. The molecule has 0 aliphatic rings. The van der Waals surface area contributed by atoms with Gasteiger partial charge in [-0.25, -0.2) is 4.57 Å². The van der Waals surface area contributed by atoms with Gasteiger partial charge in [0.05, 0.1) is 6.04 Å². The van der Waals surface area contributed by atoms with Crippen LogP contribution in [0.5, 0.6) is 0 Å². The van der Waals surface area contributed by atoms with Gasteiger partial charge in [-0.05, 0) is 46.8 Å². The highest BCUT2D eigenvalue weighted by molar-refractivity contribution is 9.10. The summed E-state index contributed by atoms with van der Waals surface area (Å²) in [5.74, 6) is 0.121. The van der Waals surface area contributed by atoms with Crippen LogP contribution < -0.4 is 0 Å². The van der Waals surface area contributed by atoms with Crippen LogP contribution in [-0.2, 0) is 0 Å². The number of hydrogen-bond donors (Lipinski definition) is 0. The predicted molar refractivity (Wildman–Crippen MR) is 66.7 cm³/mol. The van der Waals surface area contributed by atoms with E-state index < -0.39 is 0 Å². The van der Waals surface area contributed by atoms with E-state index in [1.165, 1.54) is 0 Å². The van der Waals surface area contributed by atoms with Crippen molar-refractivity contribution in [3.05, 3.63) is 38.9 Å². The molecule has 84 valence electrons. The average Bonchev–Trinajstić information content (AvgIpc) is 2.53. The molecular formula is C11H11BrN2O2. The number of nitrogens with zero attached hydrogens (tertiary/aromatic N) is 2. The topological polar surface area (TPSA) is 48.1 Å². The molecule has 2 rings (SSSR count). The minimum absolute atomic E-state index is 0.0524. The lowest BCUT2D eigenvalue weighted by Gasteiger charge is -2.06. The molecule has 1 heterocycles. The van der Waals surface area contributed by atoms with Crippen LogP contribution in [0.1, 0.15) is 19.9 Å². The summed E-state index contributed by atoms with van der Waals surface area (Å²) in [6, 6.07) is 7.59. The Morgan fingerprint density at radius 1 is 1.38 bits per heavy atom. The number of nitro groups is 1. The molecular weight excluding hydrogens is 272 g/mol. The number of hydrogen-bond acceptors (Lipinski definition) is 2. The van der Waals surface area contributed by atoms with E-state index in [1.807, 2.05) is 38.1 Å². The summed E-state index contributed by atoms with van der Waals surface area (Å²) in [5, 5.41) is 11.9. The van der Waals surface area contributed by atoms with Gasteiger partial charge in [-0.1, -0.05) is 12.1 Å². The second-order valence-corrected chi connectivity index (χ2v) is 4.67. The van der Waals surface area contributed by atoms with Crippen LogP contribution in [0.4, 0.5) is 5.82 Å². The molecule has 0 saturated heterocycles. The summed E-state index contributed by atoms with van der Waals surface area (Å²) >= 11 is 3.31. The molecule has 1 aromatic heterocycles. The molecule has 0 atom stereocenters. The van der Waals surface area contributed by atoms with E-state index in [9.17, 15) is 10.1 Å². The molecule has 1 aromatic carbocycles. The summed E-state index contributed by atoms with van der Waals surface area (Å²) in [5.41, 5.74) is 0.885. The highest BCUT2D eigenvalue weighted by Gasteiger charge is 2.26. The summed E-state index contributed by atoms with van der Waals surface area (Å²) in [4.78, 5) is 10.7. The highest BCUT2D eigenvalue weighted by Crippen LogP contribution is 2.38. The lowest BCUT2D eigenvalue weighted by molar-refractivity contribution is -0.392. The fourth-order valence-corrected chi connectivity index (χ4v) is 2.57. The van der Waals surface area contributed by atoms with Crippen LogP contribution in [0, 0.1) is 10.1 Å². The van der Waals surface area contributed by atoms with E-state index in [0.29, 0.717) is 4.47 Å². The molecule has 5 heteroatoms. The standard InChI is InChI=1S/C11H11BrN2O2/c1-7(2)13-9-6-4-3-5-8(9)10(12)11(13)14(15)16/h3-7H,1-2H3. The van der Waals surface area contributed by atoms with Crippen molar-refractivity contribution in [2.24, 2.45) is 0 Å². The normalized spacial score (nSPS) is 11.2. The number of aromatic nitrogens is 1. The fraction of sp³-hybridized carbons (Fsp3) is 0.273. The van der Waals surface area contributed by atoms with Gasteiger partial charge in [-0.15, -0.1) is 0 Å². The number of para-hydroxylation sites is 1. The lowest BCUT2D eigenvalue weighted by Crippen LogP contribution is -2.05. The largest absolute Gasteiger partial charge is 0.358 e. The predicted octanol–water partition coefficient (Wildman–Crippen LogP) is 3.89. The SMILES string of the molecule is CC(C)n1c([N+](=O)[O-])c(Br)c2ccccc21. The molecule has 0 fully saturated rings. The first-order valence-corrected chi connectivity index (χ1v) is 5.76. The third-order valence-corrected chi connectivity index (χ3v) is 3.30. The first kappa shape index (κ1) is 11.1. The van der Waals surface area contributed by atoms with Crippen molar-refractivity contribution in [3.63, 3.8) is 0 Å². The van der Waals surface area contributed by atoms with Crippen LogP contribution in [0.15, 0.2) is 28.7 Å². The van der Waals surface area contributed by atoms with E-state index in [1.54, 1.807) is 4.57 Å². The third-order valence-electron chi connectivity index (χ3n) is 2.51. The summed E-state index contributed by atoms with van der Waals surface area (Å²) < 4.78 is 2.29. The van der Waals surface area contributed by atoms with Gasteiger partial charge < -0.3 is 10.1 Å². The maximum atomic E-state index is 11.1. The maximum absolute atomic E-state index is 11.1. The molecule has 0 aliphatic carbocycles. The lowest BCUT2D eigenvalue weighted by atomic mass is 10.2. The van der Waals surface area contributed by atoms with Crippen molar-refractivity contribution in [2.45, 2.75) is 19.9 Å². The van der Waals surface area contributed by atoms with E-state index in [4.69, 9.17) is 0 Å². The summed E-state index contributed by atoms with van der Waals surface area (Å²) in [6.45, 7) is 3.87. The Morgan fingerprint density at radius 3 is 2.56 bits per heavy atom. The molecule has 4 nitrogen and oxygen atoms in total. The Labute approximate surface area is 101 Å². The van der Waals surface area contributed by atoms with Gasteiger partial charge in [-0.3, -0.25) is 0 Å². The summed E-state index contributed by atoms with van der Waals surface area (Å²) in [6.07, 6.45) is 0. The Bertz CT molecular complexity index is 560. The molecule has 0 saturated carbocycles. The van der Waals surface area contributed by atoms with E-state index in [2.05, 4.69) is 15.9 Å². The molecule has 0 radical (unpaired) electrons. The quantitative estimate of drug-likeness (QED) is 0.620. The third kappa shape index (κ3) is 1.51. The van der Waals surface area contributed by atoms with Gasteiger partial charge >= 0.3 is 5.82 Å². The van der Waals surface area contributed by atoms with Gasteiger partial charge in [0.15, 0.2) is 0 Å². The molecule has 0 bridgehead atoms.